The Morgan fingerprint density at radius 2 is 1.90 bits per heavy atom. The number of hydrogen-bond donors (Lipinski definition) is 0. The fourth-order valence-corrected chi connectivity index (χ4v) is 2.69. The molecule has 2 aliphatic rings. The molecule has 0 aromatic heterocycles. The average molecular weight is 276 g/mol. The summed E-state index contributed by atoms with van der Waals surface area (Å²) in [7, 11) is 0. The molecular weight excluding hydrogens is 264 g/mol. The predicted octanol–water partition coefficient (Wildman–Crippen LogP) is 3.97. The predicted molar refractivity (Wildman–Crippen MR) is 69.0 cm³/mol. The molecule has 8 nitrogen and oxygen atoms in total. The minimum atomic E-state index is -0.705. The average Bonchev–Trinajstić information content (AvgIpc) is 2.75. The highest BCUT2D eigenvalue weighted by molar-refractivity contribution is 5.66. The number of nitro benzene ring substituents is 1. The van der Waals surface area contributed by atoms with Crippen molar-refractivity contribution in [3.8, 4) is 11.5 Å². The van der Waals surface area contributed by atoms with E-state index in [1.165, 1.54) is 12.1 Å². The molecule has 1 heterocycles. The van der Waals surface area contributed by atoms with Crippen LogP contribution in [0.25, 0.3) is 10.4 Å². The fourth-order valence-electron chi connectivity index (χ4n) is 2.69. The maximum absolute atomic E-state index is 11.0. The Morgan fingerprint density at radius 3 is 2.50 bits per heavy atom. The Hall–Kier alpha value is -2.47. The number of nitro groups is 1. The van der Waals surface area contributed by atoms with Gasteiger partial charge in [0.25, 0.3) is 11.5 Å². The van der Waals surface area contributed by atoms with Crippen LogP contribution in [0.2, 0.25) is 0 Å². The van der Waals surface area contributed by atoms with Crippen LogP contribution in [0.15, 0.2) is 17.2 Å². The first-order chi connectivity index (χ1) is 9.63. The SMILES string of the molecule is [N-]=[N+]=Nc1cc2c(cc1[N+](=O)[O-])OC1(CCCCC1)O2. The zero-order valence-corrected chi connectivity index (χ0v) is 10.6. The summed E-state index contributed by atoms with van der Waals surface area (Å²) < 4.78 is 11.6. The van der Waals surface area contributed by atoms with Crippen molar-refractivity contribution >= 4 is 11.4 Å². The van der Waals surface area contributed by atoms with Crippen LogP contribution in [-0.2, 0) is 0 Å². The van der Waals surface area contributed by atoms with Crippen molar-refractivity contribution in [2.45, 2.75) is 37.9 Å². The normalized spacial score (nSPS) is 18.6. The first-order valence-electron chi connectivity index (χ1n) is 6.39. The maximum atomic E-state index is 11.0. The molecule has 8 heteroatoms. The van der Waals surface area contributed by atoms with Gasteiger partial charge < -0.3 is 9.47 Å². The molecule has 1 aromatic rings. The molecule has 1 spiro atoms. The summed E-state index contributed by atoms with van der Waals surface area (Å²) in [6.07, 6.45) is 4.65. The molecule has 1 aliphatic carbocycles. The largest absolute Gasteiger partial charge is 0.448 e. The number of ether oxygens (including phenoxy) is 2. The smallest absolute Gasteiger partial charge is 0.282 e. The van der Waals surface area contributed by atoms with E-state index in [9.17, 15) is 10.1 Å². The van der Waals surface area contributed by atoms with Gasteiger partial charge in [-0.3, -0.25) is 10.1 Å². The van der Waals surface area contributed by atoms with Gasteiger partial charge in [0.2, 0.25) is 0 Å². The number of benzene rings is 1. The number of hydrogen-bond acceptors (Lipinski definition) is 5. The Labute approximate surface area is 114 Å². The van der Waals surface area contributed by atoms with Crippen molar-refractivity contribution < 1.29 is 14.4 Å². The van der Waals surface area contributed by atoms with Gasteiger partial charge in [-0.15, -0.1) is 0 Å². The van der Waals surface area contributed by atoms with Crippen molar-refractivity contribution in [3.05, 3.63) is 32.7 Å². The molecule has 1 saturated carbocycles. The first kappa shape index (κ1) is 12.6. The molecule has 0 saturated heterocycles. The third-order valence-electron chi connectivity index (χ3n) is 3.60. The minimum Gasteiger partial charge on any atom is -0.448 e. The highest BCUT2D eigenvalue weighted by atomic mass is 16.7. The van der Waals surface area contributed by atoms with Crippen molar-refractivity contribution in [1.29, 1.82) is 0 Å². The number of fused-ring (bicyclic) bond motifs is 1. The van der Waals surface area contributed by atoms with Crippen molar-refractivity contribution in [2.24, 2.45) is 5.11 Å². The second kappa shape index (κ2) is 4.57. The summed E-state index contributed by atoms with van der Waals surface area (Å²) in [6, 6.07) is 2.64. The molecule has 0 amide bonds. The van der Waals surface area contributed by atoms with Crippen molar-refractivity contribution in [2.75, 3.05) is 0 Å². The molecule has 0 atom stereocenters. The van der Waals surface area contributed by atoms with E-state index in [4.69, 9.17) is 15.0 Å². The zero-order valence-electron chi connectivity index (χ0n) is 10.6. The quantitative estimate of drug-likeness (QED) is 0.267. The Bertz CT molecular complexity index is 585. The van der Waals surface area contributed by atoms with Crippen LogP contribution in [0, 0.1) is 10.1 Å². The molecule has 0 bridgehead atoms. The lowest BCUT2D eigenvalue weighted by molar-refractivity contribution is -0.384. The second-order valence-electron chi connectivity index (χ2n) is 4.91. The Kier molecular flexibility index (Phi) is 2.87. The summed E-state index contributed by atoms with van der Waals surface area (Å²) in [5.74, 6) is 0.0408. The lowest BCUT2D eigenvalue weighted by Gasteiger charge is -2.31. The molecule has 0 unspecified atom stereocenters. The monoisotopic (exact) mass is 276 g/mol. The molecular formula is C12H12N4O4. The van der Waals surface area contributed by atoms with E-state index < -0.39 is 10.7 Å². The molecule has 1 aliphatic heterocycles. The highest BCUT2D eigenvalue weighted by Gasteiger charge is 2.43. The van der Waals surface area contributed by atoms with Gasteiger partial charge in [-0.25, -0.2) is 0 Å². The van der Waals surface area contributed by atoms with Crippen LogP contribution < -0.4 is 9.47 Å². The molecule has 3 rings (SSSR count). The maximum Gasteiger partial charge on any atom is 0.282 e. The van der Waals surface area contributed by atoms with Gasteiger partial charge in [-0.05, 0) is 18.4 Å². The van der Waals surface area contributed by atoms with E-state index >= 15 is 0 Å². The van der Waals surface area contributed by atoms with Crippen LogP contribution in [0.5, 0.6) is 11.5 Å². The van der Waals surface area contributed by atoms with E-state index in [2.05, 4.69) is 10.0 Å². The van der Waals surface area contributed by atoms with E-state index in [0.29, 0.717) is 11.5 Å². The second-order valence-corrected chi connectivity index (χ2v) is 4.91. The summed E-state index contributed by atoms with van der Waals surface area (Å²) in [5.41, 5.74) is 8.14. The van der Waals surface area contributed by atoms with Crippen LogP contribution in [0.3, 0.4) is 0 Å². The topological polar surface area (TPSA) is 110 Å². The van der Waals surface area contributed by atoms with Gasteiger partial charge in [-0.2, -0.15) is 0 Å². The summed E-state index contributed by atoms with van der Waals surface area (Å²) in [5, 5.41) is 14.3. The van der Waals surface area contributed by atoms with Gasteiger partial charge in [0.15, 0.2) is 11.5 Å². The summed E-state index contributed by atoms with van der Waals surface area (Å²) >= 11 is 0. The zero-order chi connectivity index (χ0) is 14.2. The lowest BCUT2D eigenvalue weighted by Crippen LogP contribution is -2.40. The first-order valence-corrected chi connectivity index (χ1v) is 6.39. The third-order valence-corrected chi connectivity index (χ3v) is 3.60. The van der Waals surface area contributed by atoms with E-state index in [1.54, 1.807) is 0 Å². The van der Waals surface area contributed by atoms with Gasteiger partial charge in [0.1, 0.15) is 5.69 Å². The summed E-state index contributed by atoms with van der Waals surface area (Å²) in [4.78, 5) is 13.0. The van der Waals surface area contributed by atoms with Crippen LogP contribution in [-0.4, -0.2) is 10.7 Å². The van der Waals surface area contributed by atoms with Crippen molar-refractivity contribution in [1.82, 2.24) is 0 Å². The Balaban J connectivity index is 2.01. The van der Waals surface area contributed by atoms with Crippen LogP contribution in [0.4, 0.5) is 11.4 Å². The standard InChI is InChI=1S/C12H12N4O4/c13-15-14-8-6-10-11(7-9(8)16(17)18)20-12(19-10)4-2-1-3-5-12/h6-7H,1-5H2. The lowest BCUT2D eigenvalue weighted by atomic mass is 9.94. The highest BCUT2D eigenvalue weighted by Crippen LogP contribution is 2.49. The van der Waals surface area contributed by atoms with E-state index in [-0.39, 0.29) is 11.4 Å². The molecule has 1 aromatic carbocycles. The molecule has 20 heavy (non-hydrogen) atoms. The Morgan fingerprint density at radius 1 is 1.25 bits per heavy atom. The molecule has 0 radical (unpaired) electrons. The number of azide groups is 1. The summed E-state index contributed by atoms with van der Waals surface area (Å²) in [6.45, 7) is 0. The van der Waals surface area contributed by atoms with Gasteiger partial charge in [0, 0.05) is 23.8 Å². The number of rotatable bonds is 2. The van der Waals surface area contributed by atoms with Gasteiger partial charge >= 0.3 is 0 Å². The van der Waals surface area contributed by atoms with Crippen LogP contribution in [0.1, 0.15) is 32.1 Å². The van der Waals surface area contributed by atoms with Gasteiger partial charge in [0.05, 0.1) is 11.0 Å². The van der Waals surface area contributed by atoms with Gasteiger partial charge in [-0.1, -0.05) is 11.5 Å². The van der Waals surface area contributed by atoms with Crippen molar-refractivity contribution in [3.63, 3.8) is 0 Å². The van der Waals surface area contributed by atoms with E-state index in [1.807, 2.05) is 0 Å². The minimum absolute atomic E-state index is 0.0623. The molecule has 0 N–H and O–H groups in total. The number of nitrogens with zero attached hydrogens (tertiary/aromatic N) is 4. The van der Waals surface area contributed by atoms with E-state index in [0.717, 1.165) is 32.1 Å². The third kappa shape index (κ3) is 2.00. The van der Waals surface area contributed by atoms with Crippen LogP contribution >= 0.6 is 0 Å². The fraction of sp³-hybridized carbons (Fsp3) is 0.500. The molecule has 1 fully saturated rings. The molecule has 104 valence electrons.